The van der Waals surface area contributed by atoms with Crippen molar-refractivity contribution >= 4 is 53.9 Å². The largest absolute Gasteiger partial charge is 0.507 e. The fourth-order valence-electron chi connectivity index (χ4n) is 2.93. The van der Waals surface area contributed by atoms with Crippen molar-refractivity contribution in [1.82, 2.24) is 4.90 Å². The van der Waals surface area contributed by atoms with Gasteiger partial charge in [-0.2, -0.15) is 0 Å². The van der Waals surface area contributed by atoms with Gasteiger partial charge >= 0.3 is 5.97 Å². The van der Waals surface area contributed by atoms with Gasteiger partial charge in [-0.05, 0) is 30.3 Å². The van der Waals surface area contributed by atoms with E-state index in [1.54, 1.807) is 19.3 Å². The molecule has 0 radical (unpaired) electrons. The molecule has 8 nitrogen and oxygen atoms in total. The number of carboxylic acids is 1. The summed E-state index contributed by atoms with van der Waals surface area (Å²) in [5.74, 6) is -1.69. The number of carboxylic acid groups (broad SMARTS) is 1. The molecule has 31 heavy (non-hydrogen) atoms. The molecule has 3 rings (SSSR count). The van der Waals surface area contributed by atoms with Crippen LogP contribution in [-0.4, -0.2) is 51.3 Å². The molecule has 2 aromatic carbocycles. The van der Waals surface area contributed by atoms with Gasteiger partial charge in [0, 0.05) is 24.2 Å². The molecule has 1 aliphatic rings. The summed E-state index contributed by atoms with van der Waals surface area (Å²) in [6, 6.07) is 11.1. The van der Waals surface area contributed by atoms with E-state index in [4.69, 9.17) is 9.84 Å². The lowest BCUT2D eigenvalue weighted by molar-refractivity contribution is -0.125. The number of para-hydroxylation sites is 1. The SMILES string of the molecule is COc1ccccc1/C=C1\SC(S)N(CCC(=O)Nc2ccc(O)c(C(=O)O)c2)C1=O. The monoisotopic (exact) mass is 460 g/mol. The molecule has 1 aliphatic heterocycles. The van der Waals surface area contributed by atoms with Crippen LogP contribution in [0.4, 0.5) is 5.69 Å². The molecular weight excluding hydrogens is 440 g/mol. The standard InChI is InChI=1S/C21H20N2O6S2/c1-29-16-5-3-2-4-12(16)10-17-19(26)23(21(30)31-17)9-8-18(25)22-13-6-7-15(24)14(11-13)20(27)28/h2-7,10-11,21,24,30H,8-9H2,1H3,(H,22,25)(H,27,28)/b17-10-. The molecule has 1 atom stereocenters. The van der Waals surface area contributed by atoms with Gasteiger partial charge in [-0.15, -0.1) is 12.6 Å². The molecule has 3 N–H and O–H groups in total. The second kappa shape index (κ2) is 9.80. The highest BCUT2D eigenvalue weighted by Crippen LogP contribution is 2.39. The predicted octanol–water partition coefficient (Wildman–Crippen LogP) is 3.26. The number of thioether (sulfide) groups is 1. The van der Waals surface area contributed by atoms with Crippen molar-refractivity contribution in [2.75, 3.05) is 19.0 Å². The average Bonchev–Trinajstić information content (AvgIpc) is 3.00. The molecule has 1 unspecified atom stereocenters. The minimum Gasteiger partial charge on any atom is -0.507 e. The number of thiol groups is 1. The van der Waals surface area contributed by atoms with E-state index in [0.717, 1.165) is 5.56 Å². The Bertz CT molecular complexity index is 1060. The first-order valence-electron chi connectivity index (χ1n) is 9.16. The topological polar surface area (TPSA) is 116 Å². The highest BCUT2D eigenvalue weighted by molar-refractivity contribution is 8.14. The first kappa shape index (κ1) is 22.6. The zero-order valence-corrected chi connectivity index (χ0v) is 18.2. The van der Waals surface area contributed by atoms with Gasteiger partial charge in [0.1, 0.15) is 21.8 Å². The number of rotatable bonds is 7. The molecule has 1 saturated heterocycles. The van der Waals surface area contributed by atoms with Crippen molar-refractivity contribution in [2.45, 2.75) is 11.1 Å². The lowest BCUT2D eigenvalue weighted by atomic mass is 10.1. The number of hydrogen-bond donors (Lipinski definition) is 4. The summed E-state index contributed by atoms with van der Waals surface area (Å²) in [7, 11) is 1.56. The van der Waals surface area contributed by atoms with Crippen LogP contribution < -0.4 is 10.1 Å². The minimum absolute atomic E-state index is 0.00538. The number of amides is 2. The van der Waals surface area contributed by atoms with E-state index in [1.807, 2.05) is 18.2 Å². The quantitative estimate of drug-likeness (QED) is 0.285. The van der Waals surface area contributed by atoms with Crippen LogP contribution in [0.3, 0.4) is 0 Å². The number of aromatic hydroxyl groups is 1. The number of nitrogens with zero attached hydrogens (tertiary/aromatic N) is 1. The maximum atomic E-state index is 12.8. The van der Waals surface area contributed by atoms with Gasteiger partial charge < -0.3 is 25.2 Å². The van der Waals surface area contributed by atoms with Gasteiger partial charge in [0.2, 0.25) is 5.91 Å². The van der Waals surface area contributed by atoms with Crippen molar-refractivity contribution in [3.63, 3.8) is 0 Å². The van der Waals surface area contributed by atoms with Crippen molar-refractivity contribution < 1.29 is 29.3 Å². The number of phenols is 1. The molecule has 0 spiro atoms. The fourth-order valence-corrected chi connectivity index (χ4v) is 4.46. The Hall–Kier alpha value is -3.11. The van der Waals surface area contributed by atoms with Gasteiger partial charge in [0.05, 0.1) is 12.0 Å². The first-order valence-corrected chi connectivity index (χ1v) is 10.6. The highest BCUT2D eigenvalue weighted by atomic mass is 32.2. The summed E-state index contributed by atoms with van der Waals surface area (Å²) in [4.78, 5) is 38.1. The van der Waals surface area contributed by atoms with Gasteiger partial charge in [0.15, 0.2) is 0 Å². The minimum atomic E-state index is -1.31. The smallest absolute Gasteiger partial charge is 0.339 e. The summed E-state index contributed by atoms with van der Waals surface area (Å²) in [6.07, 6.45) is 1.73. The Balaban J connectivity index is 1.63. The Labute approximate surface area is 188 Å². The van der Waals surface area contributed by atoms with E-state index in [9.17, 15) is 19.5 Å². The molecule has 0 aromatic heterocycles. The van der Waals surface area contributed by atoms with Crippen LogP contribution in [0.15, 0.2) is 47.4 Å². The van der Waals surface area contributed by atoms with E-state index >= 15 is 0 Å². The number of hydrogen-bond acceptors (Lipinski definition) is 7. The van der Waals surface area contributed by atoms with Crippen LogP contribution in [-0.2, 0) is 9.59 Å². The fraction of sp³-hybridized carbons (Fsp3) is 0.190. The van der Waals surface area contributed by atoms with Crippen molar-refractivity contribution in [2.24, 2.45) is 0 Å². The molecule has 0 saturated carbocycles. The molecule has 2 amide bonds. The zero-order valence-electron chi connectivity index (χ0n) is 16.4. The molecule has 0 aliphatic carbocycles. The van der Waals surface area contributed by atoms with Gasteiger partial charge in [-0.3, -0.25) is 9.59 Å². The van der Waals surface area contributed by atoms with Crippen molar-refractivity contribution in [3.05, 3.63) is 58.5 Å². The number of benzene rings is 2. The van der Waals surface area contributed by atoms with E-state index in [0.29, 0.717) is 10.7 Å². The highest BCUT2D eigenvalue weighted by Gasteiger charge is 2.34. The van der Waals surface area contributed by atoms with Crippen LogP contribution in [0, 0.1) is 0 Å². The summed E-state index contributed by atoms with van der Waals surface area (Å²) >= 11 is 5.72. The number of nitrogens with one attached hydrogen (secondary N) is 1. The molecule has 1 heterocycles. The lowest BCUT2D eigenvalue weighted by Crippen LogP contribution is -2.32. The van der Waals surface area contributed by atoms with Gasteiger partial charge in [-0.25, -0.2) is 4.79 Å². The summed E-state index contributed by atoms with van der Waals surface area (Å²) < 4.78 is 4.87. The van der Waals surface area contributed by atoms with E-state index < -0.39 is 22.3 Å². The third-order valence-corrected chi connectivity index (χ3v) is 6.09. The Morgan fingerprint density at radius 2 is 2.03 bits per heavy atom. The van der Waals surface area contributed by atoms with Crippen LogP contribution in [0.5, 0.6) is 11.5 Å². The van der Waals surface area contributed by atoms with Crippen molar-refractivity contribution in [3.8, 4) is 11.5 Å². The molecule has 0 bridgehead atoms. The average molecular weight is 461 g/mol. The van der Waals surface area contributed by atoms with Crippen LogP contribution in [0.1, 0.15) is 22.3 Å². The molecular formula is C21H20N2O6S2. The zero-order chi connectivity index (χ0) is 22.5. The summed E-state index contributed by atoms with van der Waals surface area (Å²) in [5, 5.41) is 21.2. The van der Waals surface area contributed by atoms with Crippen LogP contribution in [0.2, 0.25) is 0 Å². The number of carbonyl (C=O) groups is 3. The number of carbonyl (C=O) groups excluding carboxylic acids is 2. The third kappa shape index (κ3) is 5.33. The summed E-state index contributed by atoms with van der Waals surface area (Å²) in [6.45, 7) is 0.138. The van der Waals surface area contributed by atoms with Crippen LogP contribution in [0.25, 0.3) is 6.08 Å². The molecule has 2 aromatic rings. The van der Waals surface area contributed by atoms with Gasteiger partial charge in [-0.1, -0.05) is 30.0 Å². The Kier molecular flexibility index (Phi) is 7.13. The van der Waals surface area contributed by atoms with Gasteiger partial charge in [0.25, 0.3) is 5.91 Å². The maximum Gasteiger partial charge on any atom is 0.339 e. The Morgan fingerprint density at radius 1 is 1.29 bits per heavy atom. The third-order valence-electron chi connectivity index (χ3n) is 4.49. The normalized spacial score (nSPS) is 17.1. The van der Waals surface area contributed by atoms with E-state index in [2.05, 4.69) is 17.9 Å². The van der Waals surface area contributed by atoms with Crippen LogP contribution >= 0.6 is 24.4 Å². The maximum absolute atomic E-state index is 12.8. The van der Waals surface area contributed by atoms with E-state index in [-0.39, 0.29) is 30.1 Å². The Morgan fingerprint density at radius 3 is 2.74 bits per heavy atom. The second-order valence-electron chi connectivity index (χ2n) is 6.53. The molecule has 1 fully saturated rings. The lowest BCUT2D eigenvalue weighted by Gasteiger charge is -2.18. The number of ether oxygens (including phenoxy) is 1. The number of methoxy groups -OCH3 is 1. The second-order valence-corrected chi connectivity index (χ2v) is 8.49. The predicted molar refractivity (Wildman–Crippen MR) is 121 cm³/mol. The molecule has 10 heteroatoms. The summed E-state index contributed by atoms with van der Waals surface area (Å²) in [5.41, 5.74) is 0.689. The first-order chi connectivity index (χ1) is 14.8. The van der Waals surface area contributed by atoms with Crippen molar-refractivity contribution in [1.29, 1.82) is 0 Å². The molecule has 162 valence electrons. The van der Waals surface area contributed by atoms with E-state index in [1.165, 1.54) is 34.9 Å². The number of aromatic carboxylic acids is 1. The number of anilines is 1.